The summed E-state index contributed by atoms with van der Waals surface area (Å²) in [4.78, 5) is 18.0. The van der Waals surface area contributed by atoms with Gasteiger partial charge in [0.05, 0.1) is 38.4 Å². The first-order chi connectivity index (χ1) is 15.6. The number of methoxy groups -OCH3 is 3. The van der Waals surface area contributed by atoms with Crippen molar-refractivity contribution in [3.8, 4) is 17.2 Å². The lowest BCUT2D eigenvalue weighted by Gasteiger charge is -2.12. The number of hydrogen-bond donors (Lipinski definition) is 0. The summed E-state index contributed by atoms with van der Waals surface area (Å²) in [7, 11) is 4.79. The maximum atomic E-state index is 13.2. The van der Waals surface area contributed by atoms with Gasteiger partial charge in [-0.05, 0) is 59.7 Å². The largest absolute Gasteiger partial charge is 0.497 e. The van der Waals surface area contributed by atoms with E-state index in [1.54, 1.807) is 33.6 Å². The Morgan fingerprint density at radius 3 is 2.38 bits per heavy atom. The molecule has 0 aliphatic heterocycles. The second-order valence-electron chi connectivity index (χ2n) is 7.05. The van der Waals surface area contributed by atoms with E-state index in [2.05, 4.69) is 5.10 Å². The quantitative estimate of drug-likeness (QED) is 0.417. The van der Waals surface area contributed by atoms with Gasteiger partial charge in [-0.1, -0.05) is 18.2 Å². The molecule has 32 heavy (non-hydrogen) atoms. The fourth-order valence-corrected chi connectivity index (χ4v) is 3.39. The topological polar surface area (TPSA) is 74.9 Å². The smallest absolute Gasteiger partial charge is 0.282 e. The molecule has 0 aliphatic rings. The van der Waals surface area contributed by atoms with Gasteiger partial charge in [-0.15, -0.1) is 0 Å². The van der Waals surface area contributed by atoms with Gasteiger partial charge in [-0.25, -0.2) is 4.98 Å². The van der Waals surface area contributed by atoms with Crippen LogP contribution in [0.1, 0.15) is 17.0 Å². The summed E-state index contributed by atoms with van der Waals surface area (Å²) in [5.74, 6) is 2.52. The van der Waals surface area contributed by atoms with Crippen LogP contribution in [0.5, 0.6) is 17.2 Å². The number of nitrogens with zero attached hydrogens (tertiary/aromatic N) is 3. The number of rotatable bonds is 7. The predicted octanol–water partition coefficient (Wildman–Crippen LogP) is 3.90. The molecule has 1 heterocycles. The minimum Gasteiger partial charge on any atom is -0.497 e. The average molecular weight is 429 g/mol. The van der Waals surface area contributed by atoms with Crippen molar-refractivity contribution in [2.24, 2.45) is 5.10 Å². The molecule has 1 aromatic heterocycles. The molecule has 4 aromatic rings. The Kier molecular flexibility index (Phi) is 6.17. The molecule has 0 saturated carbocycles. The Balaban J connectivity index is 1.78. The summed E-state index contributed by atoms with van der Waals surface area (Å²) < 4.78 is 17.3. The van der Waals surface area contributed by atoms with Gasteiger partial charge >= 0.3 is 0 Å². The minimum atomic E-state index is -0.226. The zero-order valence-electron chi connectivity index (χ0n) is 18.1. The fraction of sp³-hybridized carbons (Fsp3) is 0.160. The molecule has 7 nitrogen and oxygen atoms in total. The second kappa shape index (κ2) is 9.34. The third-order valence-electron chi connectivity index (χ3n) is 5.07. The zero-order chi connectivity index (χ0) is 22.5. The van der Waals surface area contributed by atoms with Crippen LogP contribution in [-0.4, -0.2) is 37.2 Å². The maximum absolute atomic E-state index is 13.2. The van der Waals surface area contributed by atoms with Crippen LogP contribution in [0.2, 0.25) is 0 Å². The van der Waals surface area contributed by atoms with E-state index in [4.69, 9.17) is 19.2 Å². The summed E-state index contributed by atoms with van der Waals surface area (Å²) in [6.45, 7) is 0. The number of benzene rings is 3. The summed E-state index contributed by atoms with van der Waals surface area (Å²) >= 11 is 0. The number of ether oxygens (including phenoxy) is 3. The molecule has 0 spiro atoms. The van der Waals surface area contributed by atoms with Crippen molar-refractivity contribution < 1.29 is 14.2 Å². The van der Waals surface area contributed by atoms with Crippen LogP contribution in [0.3, 0.4) is 0 Å². The van der Waals surface area contributed by atoms with E-state index in [1.165, 1.54) is 4.68 Å². The van der Waals surface area contributed by atoms with Crippen LogP contribution < -0.4 is 19.8 Å². The Bertz CT molecular complexity index is 1330. The van der Waals surface area contributed by atoms with Crippen LogP contribution in [0.25, 0.3) is 10.9 Å². The van der Waals surface area contributed by atoms with Gasteiger partial charge in [0.2, 0.25) is 0 Å². The van der Waals surface area contributed by atoms with Crippen LogP contribution in [-0.2, 0) is 6.42 Å². The van der Waals surface area contributed by atoms with E-state index in [1.807, 2.05) is 60.7 Å². The molecule has 4 rings (SSSR count). The Morgan fingerprint density at radius 2 is 1.66 bits per heavy atom. The van der Waals surface area contributed by atoms with E-state index in [-0.39, 0.29) is 5.56 Å². The minimum absolute atomic E-state index is 0.226. The van der Waals surface area contributed by atoms with Crippen LogP contribution in [0.4, 0.5) is 0 Å². The zero-order valence-corrected chi connectivity index (χ0v) is 18.1. The normalized spacial score (nSPS) is 11.1. The fourth-order valence-electron chi connectivity index (χ4n) is 3.39. The van der Waals surface area contributed by atoms with E-state index < -0.39 is 0 Å². The molecule has 0 atom stereocenters. The monoisotopic (exact) mass is 429 g/mol. The molecular formula is C25H23N3O4. The SMILES string of the molecule is COc1ccc(C=Nn2c(Cc3ccc(OC)c(OC)c3)nc3ccccc3c2=O)cc1. The van der Waals surface area contributed by atoms with Crippen molar-refractivity contribution in [3.05, 3.63) is 94.0 Å². The van der Waals surface area contributed by atoms with Crippen molar-refractivity contribution in [2.45, 2.75) is 6.42 Å². The van der Waals surface area contributed by atoms with Crippen molar-refractivity contribution in [3.63, 3.8) is 0 Å². The third kappa shape index (κ3) is 4.32. The lowest BCUT2D eigenvalue weighted by Crippen LogP contribution is -2.22. The summed E-state index contributed by atoms with van der Waals surface area (Å²) in [6, 6.07) is 20.3. The van der Waals surface area contributed by atoms with Crippen LogP contribution in [0, 0.1) is 0 Å². The maximum Gasteiger partial charge on any atom is 0.282 e. The summed E-state index contributed by atoms with van der Waals surface area (Å²) in [6.07, 6.45) is 2.02. The lowest BCUT2D eigenvalue weighted by molar-refractivity contribution is 0.354. The highest BCUT2D eigenvalue weighted by Gasteiger charge is 2.13. The highest BCUT2D eigenvalue weighted by molar-refractivity contribution is 5.80. The van der Waals surface area contributed by atoms with Gasteiger partial charge in [0, 0.05) is 6.42 Å². The molecule has 0 fully saturated rings. The highest BCUT2D eigenvalue weighted by Crippen LogP contribution is 2.28. The van der Waals surface area contributed by atoms with Gasteiger partial charge in [-0.2, -0.15) is 9.78 Å². The molecule has 0 aliphatic carbocycles. The standard InChI is InChI=1S/C25H23N3O4/c1-30-19-11-8-17(9-12-19)16-26-28-24(27-21-7-5-4-6-20(21)25(28)29)15-18-10-13-22(31-2)23(14-18)32-3/h4-14,16H,15H2,1-3H3. The first-order valence-electron chi connectivity index (χ1n) is 10.0. The van der Waals surface area contributed by atoms with Crippen molar-refractivity contribution >= 4 is 17.1 Å². The van der Waals surface area contributed by atoms with Gasteiger partial charge in [0.25, 0.3) is 5.56 Å². The van der Waals surface area contributed by atoms with Crippen LogP contribution >= 0.6 is 0 Å². The first kappa shape index (κ1) is 21.1. The second-order valence-corrected chi connectivity index (χ2v) is 7.05. The Hall–Kier alpha value is -4.13. The van der Waals surface area contributed by atoms with Gasteiger partial charge < -0.3 is 14.2 Å². The molecular weight excluding hydrogens is 406 g/mol. The van der Waals surface area contributed by atoms with Crippen molar-refractivity contribution in [1.82, 2.24) is 9.66 Å². The van der Waals surface area contributed by atoms with Crippen molar-refractivity contribution in [2.75, 3.05) is 21.3 Å². The average Bonchev–Trinajstić information content (AvgIpc) is 2.84. The number of fused-ring (bicyclic) bond motifs is 1. The molecule has 0 amide bonds. The summed E-state index contributed by atoms with van der Waals surface area (Å²) in [5, 5.41) is 4.98. The molecule has 0 radical (unpaired) electrons. The third-order valence-corrected chi connectivity index (χ3v) is 5.07. The molecule has 162 valence electrons. The predicted molar refractivity (Wildman–Crippen MR) is 124 cm³/mol. The Labute approximate surface area is 185 Å². The number of para-hydroxylation sites is 1. The molecule has 0 N–H and O–H groups in total. The molecule has 7 heteroatoms. The van der Waals surface area contributed by atoms with Gasteiger partial charge in [0.15, 0.2) is 11.5 Å². The van der Waals surface area contributed by atoms with Crippen LogP contribution in [0.15, 0.2) is 76.6 Å². The van der Waals surface area contributed by atoms with E-state index in [0.29, 0.717) is 34.6 Å². The lowest BCUT2D eigenvalue weighted by atomic mass is 10.1. The Morgan fingerprint density at radius 1 is 0.906 bits per heavy atom. The van der Waals surface area contributed by atoms with Crippen molar-refractivity contribution in [1.29, 1.82) is 0 Å². The van der Waals surface area contributed by atoms with E-state index in [0.717, 1.165) is 16.9 Å². The van der Waals surface area contributed by atoms with E-state index in [9.17, 15) is 4.79 Å². The van der Waals surface area contributed by atoms with Gasteiger partial charge in [0.1, 0.15) is 11.6 Å². The number of aromatic nitrogens is 2. The summed E-state index contributed by atoms with van der Waals surface area (Å²) in [5.41, 5.74) is 2.15. The molecule has 0 unspecified atom stereocenters. The van der Waals surface area contributed by atoms with Gasteiger partial charge in [-0.3, -0.25) is 4.79 Å². The molecule has 0 saturated heterocycles. The van der Waals surface area contributed by atoms with E-state index >= 15 is 0 Å². The first-order valence-corrected chi connectivity index (χ1v) is 10.0. The molecule has 0 bridgehead atoms. The number of hydrogen-bond acceptors (Lipinski definition) is 6. The highest BCUT2D eigenvalue weighted by atomic mass is 16.5. The molecule has 3 aromatic carbocycles.